The molecule has 6 heteroatoms. The smallest absolute Gasteiger partial charge is 0.131 e. The molecule has 57 heavy (non-hydrogen) atoms. The summed E-state index contributed by atoms with van der Waals surface area (Å²) in [7, 11) is 0. The SMILES string of the molecule is c1ccc(C2=NC(c3cccc4sc5c(-c6cccc7c6sc6cccc(-n8c9ccccc9c9ccccc98)c67)cccc5c34)NC(c3ccccc3)N2)cc1. The van der Waals surface area contributed by atoms with E-state index in [9.17, 15) is 0 Å². The molecular weight excluding hydrogens is 733 g/mol. The second kappa shape index (κ2) is 13.0. The molecule has 0 fully saturated rings. The van der Waals surface area contributed by atoms with Gasteiger partial charge in [0.1, 0.15) is 18.2 Å². The maximum Gasteiger partial charge on any atom is 0.131 e. The van der Waals surface area contributed by atoms with Crippen molar-refractivity contribution in [2.24, 2.45) is 4.99 Å². The van der Waals surface area contributed by atoms with Crippen molar-refractivity contribution in [3.05, 3.63) is 199 Å². The molecule has 2 unspecified atom stereocenters. The molecule has 0 bridgehead atoms. The summed E-state index contributed by atoms with van der Waals surface area (Å²) in [5, 5.41) is 15.2. The lowest BCUT2D eigenvalue weighted by Gasteiger charge is -2.32. The van der Waals surface area contributed by atoms with Gasteiger partial charge in [0.2, 0.25) is 0 Å². The van der Waals surface area contributed by atoms with Crippen LogP contribution in [-0.2, 0) is 0 Å². The molecule has 0 amide bonds. The van der Waals surface area contributed by atoms with Crippen LogP contribution in [0.25, 0.3) is 79.0 Å². The van der Waals surface area contributed by atoms with Crippen LogP contribution in [-0.4, -0.2) is 10.4 Å². The molecule has 0 aliphatic carbocycles. The number of aliphatic imine (C=N–C) groups is 1. The normalized spacial score (nSPS) is 15.9. The zero-order chi connectivity index (χ0) is 37.5. The lowest BCUT2D eigenvalue weighted by Crippen LogP contribution is -2.44. The maximum absolute atomic E-state index is 5.35. The first-order chi connectivity index (χ1) is 28.3. The standard InChI is InChI=1S/C51H34N4S2/c1-3-15-31(16-4-1)49-52-50(32-17-5-2-6-18-32)54-51(53-49)39-25-13-29-43-45(39)37-23-11-21-35(47(37)56-43)36-22-12-24-38-46-42(28-14-30-44(46)57-48(36)38)55-40-26-9-7-19-33(40)34-20-8-10-27-41(34)55/h1-30,49,51,53H,(H,52,54). The van der Waals surface area contributed by atoms with Gasteiger partial charge < -0.3 is 9.88 Å². The van der Waals surface area contributed by atoms with Crippen molar-refractivity contribution in [1.29, 1.82) is 0 Å². The molecule has 2 atom stereocenters. The highest BCUT2D eigenvalue weighted by Gasteiger charge is 2.28. The number of nitrogens with one attached hydrogen (secondary N) is 2. The average Bonchev–Trinajstić information content (AvgIpc) is 3.97. The van der Waals surface area contributed by atoms with Gasteiger partial charge in [-0.3, -0.25) is 5.32 Å². The summed E-state index contributed by atoms with van der Waals surface area (Å²) < 4.78 is 7.63. The Morgan fingerprint density at radius 3 is 1.70 bits per heavy atom. The van der Waals surface area contributed by atoms with Gasteiger partial charge in [0, 0.05) is 73.4 Å². The summed E-state index contributed by atoms with van der Waals surface area (Å²) in [6.07, 6.45) is -0.347. The largest absolute Gasteiger partial charge is 0.350 e. The van der Waals surface area contributed by atoms with Crippen molar-refractivity contribution < 1.29 is 0 Å². The number of thiophene rings is 2. The molecule has 12 rings (SSSR count). The van der Waals surface area contributed by atoms with Gasteiger partial charge in [-0.1, -0.05) is 152 Å². The van der Waals surface area contributed by atoms with Gasteiger partial charge in [0.25, 0.3) is 0 Å². The van der Waals surface area contributed by atoms with E-state index in [4.69, 9.17) is 4.99 Å². The Labute approximate surface area is 337 Å². The minimum absolute atomic E-state index is 0.0994. The zero-order valence-electron chi connectivity index (χ0n) is 30.7. The molecule has 2 N–H and O–H groups in total. The zero-order valence-corrected chi connectivity index (χ0v) is 32.3. The molecule has 3 aromatic heterocycles. The average molecular weight is 767 g/mol. The highest BCUT2D eigenvalue weighted by atomic mass is 32.1. The molecule has 1 aliphatic heterocycles. The van der Waals surface area contributed by atoms with E-state index in [-0.39, 0.29) is 12.3 Å². The predicted molar refractivity (Wildman–Crippen MR) is 243 cm³/mol. The van der Waals surface area contributed by atoms with Crippen molar-refractivity contribution in [1.82, 2.24) is 15.2 Å². The van der Waals surface area contributed by atoms with Crippen molar-refractivity contribution in [3.8, 4) is 16.8 Å². The van der Waals surface area contributed by atoms with Crippen LogP contribution in [0.1, 0.15) is 29.0 Å². The van der Waals surface area contributed by atoms with Crippen LogP contribution in [0.3, 0.4) is 0 Å². The quantitative estimate of drug-likeness (QED) is 0.183. The highest BCUT2D eigenvalue weighted by molar-refractivity contribution is 7.27. The second-order valence-electron chi connectivity index (χ2n) is 14.7. The van der Waals surface area contributed by atoms with E-state index in [1.54, 1.807) is 0 Å². The van der Waals surface area contributed by atoms with Gasteiger partial charge >= 0.3 is 0 Å². The fraction of sp³-hybridized carbons (Fsp3) is 0.0392. The van der Waals surface area contributed by atoms with Crippen molar-refractivity contribution in [2.75, 3.05) is 0 Å². The molecule has 0 spiro atoms. The Morgan fingerprint density at radius 1 is 0.474 bits per heavy atom. The minimum atomic E-state index is -0.248. The monoisotopic (exact) mass is 766 g/mol. The minimum Gasteiger partial charge on any atom is -0.350 e. The molecule has 4 heterocycles. The summed E-state index contributed by atoms with van der Waals surface area (Å²) in [5.41, 5.74) is 9.65. The highest BCUT2D eigenvalue weighted by Crippen LogP contribution is 2.48. The molecular formula is C51H34N4S2. The summed E-state index contributed by atoms with van der Waals surface area (Å²) in [6, 6.07) is 65.8. The van der Waals surface area contributed by atoms with Crippen molar-refractivity contribution in [2.45, 2.75) is 12.3 Å². The Bertz CT molecular complexity index is 3320. The van der Waals surface area contributed by atoms with Gasteiger partial charge in [-0.05, 0) is 35.9 Å². The fourth-order valence-corrected chi connectivity index (χ4v) is 11.5. The Kier molecular flexibility index (Phi) is 7.45. The molecule has 0 radical (unpaired) electrons. The van der Waals surface area contributed by atoms with E-state index in [0.29, 0.717) is 0 Å². The molecule has 4 nitrogen and oxygen atoms in total. The van der Waals surface area contributed by atoms with Crippen LogP contribution in [0.15, 0.2) is 187 Å². The number of fused-ring (bicyclic) bond motifs is 9. The van der Waals surface area contributed by atoms with Crippen molar-refractivity contribution >= 4 is 90.7 Å². The van der Waals surface area contributed by atoms with E-state index in [1.807, 2.05) is 22.7 Å². The Hall–Kier alpha value is -6.57. The van der Waals surface area contributed by atoms with Crippen LogP contribution in [0, 0.1) is 0 Å². The van der Waals surface area contributed by atoms with Gasteiger partial charge in [0.05, 0.1) is 16.7 Å². The number of hydrogen-bond donors (Lipinski definition) is 2. The molecule has 1 aliphatic rings. The van der Waals surface area contributed by atoms with Crippen LogP contribution < -0.4 is 10.6 Å². The molecule has 8 aromatic carbocycles. The first-order valence-electron chi connectivity index (χ1n) is 19.4. The molecule has 0 saturated heterocycles. The van der Waals surface area contributed by atoms with Crippen LogP contribution in [0.4, 0.5) is 0 Å². The predicted octanol–water partition coefficient (Wildman–Crippen LogP) is 13.5. The van der Waals surface area contributed by atoms with Crippen LogP contribution in [0.5, 0.6) is 0 Å². The lowest BCUT2D eigenvalue weighted by molar-refractivity contribution is 0.410. The molecule has 270 valence electrons. The van der Waals surface area contributed by atoms with E-state index >= 15 is 0 Å². The summed E-state index contributed by atoms with van der Waals surface area (Å²) >= 11 is 3.78. The van der Waals surface area contributed by atoms with Crippen molar-refractivity contribution in [3.63, 3.8) is 0 Å². The maximum atomic E-state index is 5.35. The second-order valence-corrected chi connectivity index (χ2v) is 16.8. The van der Waals surface area contributed by atoms with E-state index in [1.165, 1.54) is 90.1 Å². The van der Waals surface area contributed by atoms with Gasteiger partial charge in [-0.2, -0.15) is 0 Å². The lowest BCUT2D eigenvalue weighted by atomic mass is 9.98. The molecule has 0 saturated carbocycles. The molecule has 11 aromatic rings. The summed E-state index contributed by atoms with van der Waals surface area (Å²) in [4.78, 5) is 5.35. The van der Waals surface area contributed by atoms with Crippen LogP contribution in [0.2, 0.25) is 0 Å². The number of nitrogens with zero attached hydrogens (tertiary/aromatic N) is 2. The van der Waals surface area contributed by atoms with Crippen LogP contribution >= 0.6 is 22.7 Å². The van der Waals surface area contributed by atoms with E-state index < -0.39 is 0 Å². The third-order valence-corrected chi connectivity index (χ3v) is 13.9. The topological polar surface area (TPSA) is 41.4 Å². The first-order valence-corrected chi connectivity index (χ1v) is 21.0. The number of aromatic nitrogens is 1. The number of rotatable bonds is 5. The number of hydrogen-bond acceptors (Lipinski definition) is 5. The van der Waals surface area contributed by atoms with E-state index in [2.05, 4.69) is 197 Å². The third kappa shape index (κ3) is 5.12. The summed E-state index contributed by atoms with van der Waals surface area (Å²) in [5.74, 6) is 0.891. The third-order valence-electron chi connectivity index (χ3n) is 11.5. The van der Waals surface area contributed by atoms with E-state index in [0.717, 1.165) is 11.4 Å². The number of para-hydroxylation sites is 2. The van der Waals surface area contributed by atoms with Gasteiger partial charge in [-0.25, -0.2) is 4.99 Å². The fourth-order valence-electron chi connectivity index (χ4n) is 9.00. The first kappa shape index (κ1) is 32.7. The Morgan fingerprint density at radius 2 is 1.02 bits per heavy atom. The summed E-state index contributed by atoms with van der Waals surface area (Å²) in [6.45, 7) is 0. The van der Waals surface area contributed by atoms with Gasteiger partial charge in [-0.15, -0.1) is 22.7 Å². The number of benzene rings is 8. The number of amidine groups is 1. The van der Waals surface area contributed by atoms with Gasteiger partial charge in [0.15, 0.2) is 0 Å². The Balaban J connectivity index is 1.04.